The highest BCUT2D eigenvalue weighted by Crippen LogP contribution is 2.44. The van der Waals surface area contributed by atoms with Crippen LogP contribution in [-0.4, -0.2) is 12.1 Å². The largest absolute Gasteiger partial charge is 0.462 e. The molecular formula is C14H20O2. The third-order valence-electron chi connectivity index (χ3n) is 4.42. The molecule has 0 saturated heterocycles. The molecule has 0 radical (unpaired) electrons. The lowest BCUT2D eigenvalue weighted by Crippen LogP contribution is -2.28. The minimum Gasteiger partial charge on any atom is -0.462 e. The van der Waals surface area contributed by atoms with Gasteiger partial charge in [-0.25, -0.2) is 0 Å². The summed E-state index contributed by atoms with van der Waals surface area (Å²) >= 11 is 0. The fourth-order valence-corrected chi connectivity index (χ4v) is 3.49. The molecule has 0 aromatic rings. The normalized spacial score (nSPS) is 37.9. The average Bonchev–Trinajstić information content (AvgIpc) is 2.92. The molecule has 3 aliphatic rings. The zero-order valence-electron chi connectivity index (χ0n) is 9.73. The van der Waals surface area contributed by atoms with Crippen LogP contribution in [-0.2, 0) is 9.53 Å². The highest BCUT2D eigenvalue weighted by molar-refractivity contribution is 5.74. The molecule has 0 unspecified atom stereocenters. The molecule has 16 heavy (non-hydrogen) atoms. The molecule has 2 bridgehead atoms. The van der Waals surface area contributed by atoms with Crippen LogP contribution in [0.5, 0.6) is 0 Å². The molecule has 3 aliphatic carbocycles. The van der Waals surface area contributed by atoms with Crippen molar-refractivity contribution in [2.24, 2.45) is 17.8 Å². The SMILES string of the molecule is O=C(OC1CCCCC1)[C@@H]1C[C@@H]2C=C[C@H]1C2. The predicted octanol–water partition coefficient (Wildman–Crippen LogP) is 3.07. The van der Waals surface area contributed by atoms with Crippen LogP contribution in [0.4, 0.5) is 0 Å². The van der Waals surface area contributed by atoms with Crippen molar-refractivity contribution >= 4 is 5.97 Å². The highest BCUT2D eigenvalue weighted by Gasteiger charge is 2.41. The van der Waals surface area contributed by atoms with E-state index in [1.807, 2.05) is 0 Å². The fraction of sp³-hybridized carbons (Fsp3) is 0.786. The standard InChI is InChI=1S/C14H20O2/c15-14(16-12-4-2-1-3-5-12)13-9-10-6-7-11(13)8-10/h6-7,10-13H,1-5,8-9H2/t10-,11+,13-/m1/s1. The van der Waals surface area contributed by atoms with Gasteiger partial charge in [0.2, 0.25) is 0 Å². The van der Waals surface area contributed by atoms with E-state index >= 15 is 0 Å². The molecule has 0 aromatic carbocycles. The van der Waals surface area contributed by atoms with Gasteiger partial charge in [0.1, 0.15) is 6.10 Å². The van der Waals surface area contributed by atoms with Crippen LogP contribution in [0.2, 0.25) is 0 Å². The van der Waals surface area contributed by atoms with E-state index in [0.29, 0.717) is 11.8 Å². The molecule has 2 fully saturated rings. The minimum absolute atomic E-state index is 0.0868. The Kier molecular flexibility index (Phi) is 2.74. The van der Waals surface area contributed by atoms with Crippen molar-refractivity contribution < 1.29 is 9.53 Å². The van der Waals surface area contributed by atoms with Crippen molar-refractivity contribution in [3.8, 4) is 0 Å². The summed E-state index contributed by atoms with van der Waals surface area (Å²) in [4.78, 5) is 12.0. The van der Waals surface area contributed by atoms with Crippen LogP contribution in [0.15, 0.2) is 12.2 Å². The summed E-state index contributed by atoms with van der Waals surface area (Å²) in [5.74, 6) is 1.41. The van der Waals surface area contributed by atoms with E-state index in [0.717, 1.165) is 19.3 Å². The molecule has 0 aromatic heterocycles. The molecular weight excluding hydrogens is 200 g/mol. The van der Waals surface area contributed by atoms with Crippen molar-refractivity contribution in [2.45, 2.75) is 51.0 Å². The van der Waals surface area contributed by atoms with Gasteiger partial charge >= 0.3 is 5.97 Å². The lowest BCUT2D eigenvalue weighted by Gasteiger charge is -2.25. The van der Waals surface area contributed by atoms with Crippen molar-refractivity contribution in [3.05, 3.63) is 12.2 Å². The Hall–Kier alpha value is -0.790. The van der Waals surface area contributed by atoms with Crippen LogP contribution in [0.3, 0.4) is 0 Å². The quantitative estimate of drug-likeness (QED) is 0.528. The van der Waals surface area contributed by atoms with E-state index in [9.17, 15) is 4.79 Å². The summed E-state index contributed by atoms with van der Waals surface area (Å²) in [6.07, 6.45) is 12.9. The van der Waals surface area contributed by atoms with Gasteiger partial charge in [0, 0.05) is 0 Å². The molecule has 0 heterocycles. The second-order valence-corrected chi connectivity index (χ2v) is 5.58. The average molecular weight is 220 g/mol. The maximum Gasteiger partial charge on any atom is 0.309 e. The first-order chi connectivity index (χ1) is 7.83. The van der Waals surface area contributed by atoms with E-state index in [1.54, 1.807) is 0 Å². The number of rotatable bonds is 2. The first-order valence-corrected chi connectivity index (χ1v) is 6.72. The zero-order chi connectivity index (χ0) is 11.0. The number of ether oxygens (including phenoxy) is 1. The maximum atomic E-state index is 12.0. The van der Waals surface area contributed by atoms with Gasteiger partial charge in [-0.2, -0.15) is 0 Å². The topological polar surface area (TPSA) is 26.3 Å². The lowest BCUT2D eigenvalue weighted by molar-refractivity contribution is -0.156. The van der Waals surface area contributed by atoms with Gasteiger partial charge < -0.3 is 4.74 Å². The molecule has 0 aliphatic heterocycles. The van der Waals surface area contributed by atoms with E-state index in [4.69, 9.17) is 4.74 Å². The molecule has 2 nitrogen and oxygen atoms in total. The summed E-state index contributed by atoms with van der Waals surface area (Å²) in [6.45, 7) is 0. The Morgan fingerprint density at radius 1 is 1.06 bits per heavy atom. The van der Waals surface area contributed by atoms with Crippen molar-refractivity contribution in [3.63, 3.8) is 0 Å². The summed E-state index contributed by atoms with van der Waals surface area (Å²) in [5, 5.41) is 0. The molecule has 2 saturated carbocycles. The molecule has 0 amide bonds. The summed E-state index contributed by atoms with van der Waals surface area (Å²) in [6, 6.07) is 0. The second kappa shape index (κ2) is 4.23. The molecule has 88 valence electrons. The smallest absolute Gasteiger partial charge is 0.309 e. The molecule has 0 spiro atoms. The summed E-state index contributed by atoms with van der Waals surface area (Å²) < 4.78 is 5.66. The fourth-order valence-electron chi connectivity index (χ4n) is 3.49. The zero-order valence-corrected chi connectivity index (χ0v) is 9.73. The Bertz CT molecular complexity index is 302. The Balaban J connectivity index is 1.55. The van der Waals surface area contributed by atoms with Crippen molar-refractivity contribution in [1.82, 2.24) is 0 Å². The van der Waals surface area contributed by atoms with Gasteiger partial charge in [0.25, 0.3) is 0 Å². The number of hydrogen-bond donors (Lipinski definition) is 0. The first kappa shape index (κ1) is 10.4. The minimum atomic E-state index is 0.0868. The van der Waals surface area contributed by atoms with Crippen LogP contribution in [0.25, 0.3) is 0 Å². The highest BCUT2D eigenvalue weighted by atomic mass is 16.5. The number of esters is 1. The van der Waals surface area contributed by atoms with Crippen LogP contribution < -0.4 is 0 Å². The third kappa shape index (κ3) is 1.90. The van der Waals surface area contributed by atoms with Crippen LogP contribution >= 0.6 is 0 Å². The van der Waals surface area contributed by atoms with Gasteiger partial charge in [0.15, 0.2) is 0 Å². The Morgan fingerprint density at radius 2 is 1.88 bits per heavy atom. The summed E-state index contributed by atoms with van der Waals surface area (Å²) in [7, 11) is 0. The van der Waals surface area contributed by atoms with E-state index < -0.39 is 0 Å². The van der Waals surface area contributed by atoms with Crippen LogP contribution in [0.1, 0.15) is 44.9 Å². The summed E-state index contributed by atoms with van der Waals surface area (Å²) in [5.41, 5.74) is 0. The van der Waals surface area contributed by atoms with E-state index in [1.165, 1.54) is 25.7 Å². The number of carbonyl (C=O) groups excluding carboxylic acids is 1. The van der Waals surface area contributed by atoms with Crippen LogP contribution in [0, 0.1) is 17.8 Å². The van der Waals surface area contributed by atoms with Gasteiger partial charge in [-0.1, -0.05) is 18.6 Å². The third-order valence-corrected chi connectivity index (χ3v) is 4.42. The number of allylic oxidation sites excluding steroid dienone is 2. The van der Waals surface area contributed by atoms with Gasteiger partial charge in [0.05, 0.1) is 5.92 Å². The van der Waals surface area contributed by atoms with Crippen molar-refractivity contribution in [1.29, 1.82) is 0 Å². The molecule has 0 N–H and O–H groups in total. The molecule has 3 atom stereocenters. The lowest BCUT2D eigenvalue weighted by atomic mass is 9.93. The second-order valence-electron chi connectivity index (χ2n) is 5.58. The first-order valence-electron chi connectivity index (χ1n) is 6.72. The van der Waals surface area contributed by atoms with E-state index in [-0.39, 0.29) is 18.0 Å². The van der Waals surface area contributed by atoms with Gasteiger partial charge in [-0.3, -0.25) is 4.79 Å². The monoisotopic (exact) mass is 220 g/mol. The predicted molar refractivity (Wildman–Crippen MR) is 61.8 cm³/mol. The van der Waals surface area contributed by atoms with Gasteiger partial charge in [-0.05, 0) is 50.4 Å². The Labute approximate surface area is 97.1 Å². The number of hydrogen-bond acceptors (Lipinski definition) is 2. The Morgan fingerprint density at radius 3 is 2.50 bits per heavy atom. The maximum absolute atomic E-state index is 12.0. The number of fused-ring (bicyclic) bond motifs is 2. The van der Waals surface area contributed by atoms with E-state index in [2.05, 4.69) is 12.2 Å². The molecule has 2 heteroatoms. The number of carbonyl (C=O) groups is 1. The molecule has 3 rings (SSSR count). The van der Waals surface area contributed by atoms with Gasteiger partial charge in [-0.15, -0.1) is 0 Å². The van der Waals surface area contributed by atoms with Crippen molar-refractivity contribution in [2.75, 3.05) is 0 Å².